The average molecular weight is 640 g/mol. The van der Waals surface area contributed by atoms with E-state index in [9.17, 15) is 23.3 Å². The highest BCUT2D eigenvalue weighted by atomic mass is 19.4. The Kier molecular flexibility index (Phi) is 9.15. The number of ether oxygens (including phenoxy) is 4. The number of hydrogen-bond acceptors (Lipinski definition) is 9. The van der Waals surface area contributed by atoms with Crippen molar-refractivity contribution >= 4 is 11.5 Å². The highest BCUT2D eigenvalue weighted by Crippen LogP contribution is 2.27. The van der Waals surface area contributed by atoms with Crippen molar-refractivity contribution < 1.29 is 37.0 Å². The first-order valence-electron chi connectivity index (χ1n) is 14.8. The van der Waals surface area contributed by atoms with E-state index in [-0.39, 0.29) is 23.7 Å². The maximum Gasteiger partial charge on any atom is 0.573 e. The van der Waals surface area contributed by atoms with Crippen molar-refractivity contribution in [2.24, 2.45) is 0 Å². The van der Waals surface area contributed by atoms with Crippen LogP contribution in [0.2, 0.25) is 0 Å². The average Bonchev–Trinajstić information content (AvgIpc) is 3.48. The summed E-state index contributed by atoms with van der Waals surface area (Å²) >= 11 is 0. The highest BCUT2D eigenvalue weighted by molar-refractivity contribution is 5.49. The number of nitro groups is 1. The van der Waals surface area contributed by atoms with Crippen molar-refractivity contribution in [3.05, 3.63) is 100 Å². The SMILES string of the molecule is O=[N+]([O-])c1cn2c(n1)O[C@@H](COc1ccc(N3CCN(Cc4ccc(COc5ccc(OC(F)(F)F)cc5)cc4)CC3)cc1)CC2. The molecular weight excluding hydrogens is 607 g/mol. The molecular formula is C32H32F3N5O6. The van der Waals surface area contributed by atoms with Gasteiger partial charge in [-0.2, -0.15) is 0 Å². The molecule has 6 rings (SSSR count). The summed E-state index contributed by atoms with van der Waals surface area (Å²) in [5.41, 5.74) is 3.28. The zero-order valence-corrected chi connectivity index (χ0v) is 24.8. The van der Waals surface area contributed by atoms with Crippen LogP contribution in [0, 0.1) is 10.1 Å². The van der Waals surface area contributed by atoms with Gasteiger partial charge in [0.1, 0.15) is 42.8 Å². The van der Waals surface area contributed by atoms with Gasteiger partial charge in [0.25, 0.3) is 0 Å². The molecule has 2 aliphatic rings. The van der Waals surface area contributed by atoms with Gasteiger partial charge in [0, 0.05) is 56.4 Å². The van der Waals surface area contributed by atoms with Crippen molar-refractivity contribution in [2.75, 3.05) is 37.7 Å². The molecule has 1 fully saturated rings. The fraction of sp³-hybridized carbons (Fsp3) is 0.344. The molecule has 11 nitrogen and oxygen atoms in total. The van der Waals surface area contributed by atoms with Crippen molar-refractivity contribution in [3.8, 4) is 23.3 Å². The number of aromatic nitrogens is 2. The van der Waals surface area contributed by atoms with E-state index in [1.165, 1.54) is 36.0 Å². The fourth-order valence-corrected chi connectivity index (χ4v) is 5.35. The van der Waals surface area contributed by atoms with E-state index < -0.39 is 11.3 Å². The number of imidazole rings is 1. The Bertz CT molecular complexity index is 1610. The standard InChI is InChI=1S/C32H32F3N5O6/c33-32(34,35)46-28-11-9-27(10-12-28)43-21-24-3-1-23(2-4-24)19-37-15-17-38(18-16-37)25-5-7-26(8-6-25)44-22-29-13-14-39-20-30(40(41)42)36-31(39)45-29/h1-12,20,29H,13-19,21-22H2/t29-/m1/s1. The largest absolute Gasteiger partial charge is 0.573 e. The second-order valence-corrected chi connectivity index (χ2v) is 11.1. The van der Waals surface area contributed by atoms with Gasteiger partial charge in [0.2, 0.25) is 0 Å². The predicted molar refractivity (Wildman–Crippen MR) is 161 cm³/mol. The zero-order chi connectivity index (χ0) is 32.1. The molecule has 0 aliphatic carbocycles. The van der Waals surface area contributed by atoms with Gasteiger partial charge in [-0.25, -0.2) is 0 Å². The number of alkyl halides is 3. The summed E-state index contributed by atoms with van der Waals surface area (Å²) in [6.07, 6.45) is -2.90. The maximum absolute atomic E-state index is 12.3. The fourth-order valence-electron chi connectivity index (χ4n) is 5.35. The number of halogens is 3. The molecule has 1 saturated heterocycles. The minimum Gasteiger partial charge on any atom is -0.490 e. The van der Waals surface area contributed by atoms with Gasteiger partial charge in [-0.3, -0.25) is 9.47 Å². The van der Waals surface area contributed by atoms with Crippen molar-refractivity contribution in [3.63, 3.8) is 0 Å². The normalized spacial score (nSPS) is 16.8. The molecule has 0 spiro atoms. The van der Waals surface area contributed by atoms with Gasteiger partial charge < -0.3 is 34.0 Å². The maximum atomic E-state index is 12.3. The van der Waals surface area contributed by atoms with Crippen molar-refractivity contribution in [2.45, 2.75) is 38.6 Å². The minimum absolute atomic E-state index is 0.221. The second kappa shape index (κ2) is 13.6. The first-order chi connectivity index (χ1) is 22.2. The van der Waals surface area contributed by atoms with E-state index in [0.29, 0.717) is 31.9 Å². The Morgan fingerprint density at radius 2 is 1.48 bits per heavy atom. The Morgan fingerprint density at radius 1 is 0.848 bits per heavy atom. The number of aryl methyl sites for hydroxylation is 1. The summed E-state index contributed by atoms with van der Waals surface area (Å²) in [5, 5.41) is 11.0. The van der Waals surface area contributed by atoms with Crippen LogP contribution in [0.15, 0.2) is 79.0 Å². The number of piperazine rings is 1. The monoisotopic (exact) mass is 639 g/mol. The Labute approximate surface area is 262 Å². The van der Waals surface area contributed by atoms with Gasteiger partial charge in [-0.15, -0.1) is 13.2 Å². The molecule has 0 saturated carbocycles. The molecule has 0 radical (unpaired) electrons. The Morgan fingerprint density at radius 3 is 2.15 bits per heavy atom. The minimum atomic E-state index is -4.72. The van der Waals surface area contributed by atoms with Gasteiger partial charge in [0.15, 0.2) is 0 Å². The van der Waals surface area contributed by atoms with Crippen LogP contribution in [0.5, 0.6) is 23.3 Å². The lowest BCUT2D eigenvalue weighted by Crippen LogP contribution is -2.45. The molecule has 4 aromatic rings. The first kappa shape index (κ1) is 31.0. The van der Waals surface area contributed by atoms with E-state index in [1.807, 2.05) is 36.4 Å². The number of benzene rings is 3. The topological polar surface area (TPSA) is 104 Å². The van der Waals surface area contributed by atoms with Crippen LogP contribution in [0.1, 0.15) is 17.5 Å². The zero-order valence-electron chi connectivity index (χ0n) is 24.8. The molecule has 0 amide bonds. The van der Waals surface area contributed by atoms with Gasteiger partial charge in [-0.05, 0) is 64.6 Å². The van der Waals surface area contributed by atoms with Crippen LogP contribution in [0.25, 0.3) is 0 Å². The summed E-state index contributed by atoms with van der Waals surface area (Å²) < 4.78 is 59.9. The lowest BCUT2D eigenvalue weighted by Gasteiger charge is -2.36. The number of fused-ring (bicyclic) bond motifs is 1. The molecule has 1 aromatic heterocycles. The van der Waals surface area contributed by atoms with Gasteiger partial charge in [-0.1, -0.05) is 24.3 Å². The third-order valence-electron chi connectivity index (χ3n) is 7.78. The molecule has 14 heteroatoms. The molecule has 46 heavy (non-hydrogen) atoms. The van der Waals surface area contributed by atoms with E-state index in [1.54, 1.807) is 4.57 Å². The van der Waals surface area contributed by atoms with Crippen LogP contribution >= 0.6 is 0 Å². The first-order valence-corrected chi connectivity index (χ1v) is 14.8. The summed E-state index contributed by atoms with van der Waals surface area (Å²) in [7, 11) is 0. The summed E-state index contributed by atoms with van der Waals surface area (Å²) in [6.45, 7) is 5.68. The van der Waals surface area contributed by atoms with E-state index in [2.05, 4.69) is 31.7 Å². The third kappa shape index (κ3) is 8.18. The van der Waals surface area contributed by atoms with Crippen molar-refractivity contribution in [1.82, 2.24) is 14.5 Å². The van der Waals surface area contributed by atoms with Gasteiger partial charge in [0.05, 0.1) is 0 Å². The van der Waals surface area contributed by atoms with Crippen molar-refractivity contribution in [1.29, 1.82) is 0 Å². The molecule has 242 valence electrons. The Balaban J connectivity index is 0.906. The predicted octanol–water partition coefficient (Wildman–Crippen LogP) is 5.82. The van der Waals surface area contributed by atoms with Crippen LogP contribution in [0.4, 0.5) is 24.7 Å². The number of rotatable bonds is 11. The molecule has 2 aliphatic heterocycles. The molecule has 1 atom stereocenters. The quantitative estimate of drug-likeness (QED) is 0.148. The molecule has 0 N–H and O–H groups in total. The van der Waals surface area contributed by atoms with Gasteiger partial charge >= 0.3 is 18.2 Å². The van der Waals surface area contributed by atoms with E-state index >= 15 is 0 Å². The number of anilines is 1. The Hall–Kier alpha value is -4.98. The number of nitrogens with zero attached hydrogens (tertiary/aromatic N) is 5. The third-order valence-corrected chi connectivity index (χ3v) is 7.78. The van der Waals surface area contributed by atoms with Crippen LogP contribution in [-0.4, -0.2) is 64.6 Å². The van der Waals surface area contributed by atoms with E-state index in [4.69, 9.17) is 14.2 Å². The van der Waals surface area contributed by atoms with Crippen LogP contribution in [0.3, 0.4) is 0 Å². The van der Waals surface area contributed by atoms with E-state index in [0.717, 1.165) is 49.7 Å². The molecule has 3 aromatic carbocycles. The van der Waals surface area contributed by atoms with Crippen LogP contribution in [-0.2, 0) is 19.7 Å². The molecule has 0 bridgehead atoms. The highest BCUT2D eigenvalue weighted by Gasteiger charge is 2.31. The van der Waals surface area contributed by atoms with Crippen LogP contribution < -0.4 is 23.8 Å². The summed E-state index contributed by atoms with van der Waals surface area (Å²) in [5.74, 6) is 0.678. The summed E-state index contributed by atoms with van der Waals surface area (Å²) in [6, 6.07) is 21.7. The number of hydrogen-bond donors (Lipinski definition) is 0. The lowest BCUT2D eigenvalue weighted by atomic mass is 10.1. The molecule has 3 heterocycles. The molecule has 0 unspecified atom stereocenters. The smallest absolute Gasteiger partial charge is 0.490 e. The second-order valence-electron chi connectivity index (χ2n) is 11.1. The lowest BCUT2D eigenvalue weighted by molar-refractivity contribution is -0.389. The summed E-state index contributed by atoms with van der Waals surface area (Å²) in [4.78, 5) is 19.1.